The van der Waals surface area contributed by atoms with Gasteiger partial charge in [0.15, 0.2) is 0 Å². The minimum atomic E-state index is -4.97. The van der Waals surface area contributed by atoms with E-state index in [1.165, 1.54) is 13.0 Å². The Morgan fingerprint density at radius 3 is 1.71 bits per heavy atom. The van der Waals surface area contributed by atoms with Crippen LogP contribution in [0.2, 0.25) is 0 Å². The first kappa shape index (κ1) is 30.4. The van der Waals surface area contributed by atoms with Gasteiger partial charge in [0.1, 0.15) is 15.6 Å². The van der Waals surface area contributed by atoms with Gasteiger partial charge < -0.3 is 16.0 Å². The second-order valence-electron chi connectivity index (χ2n) is 7.90. The van der Waals surface area contributed by atoms with Gasteiger partial charge in [0, 0.05) is 5.69 Å². The molecule has 222 valence electrons. The molecule has 0 bridgehead atoms. The van der Waals surface area contributed by atoms with Crippen LogP contribution in [0.5, 0.6) is 0 Å². The molecule has 0 atom stereocenters. The zero-order chi connectivity index (χ0) is 31.0. The Bertz CT molecular complexity index is 2030. The fraction of sp³-hybridized carbons (Fsp3) is 0.0526. The van der Waals surface area contributed by atoms with Gasteiger partial charge in [-0.05, 0) is 43.3 Å². The van der Waals surface area contributed by atoms with Crippen LogP contribution in [-0.4, -0.2) is 68.8 Å². The molecule has 0 amide bonds. The molecule has 0 unspecified atom stereocenters. The highest BCUT2D eigenvalue weighted by Crippen LogP contribution is 2.30. The summed E-state index contributed by atoms with van der Waals surface area (Å²) in [6.45, 7) is 1.35. The topological polar surface area (TPSA) is 277 Å². The van der Waals surface area contributed by atoms with Crippen molar-refractivity contribution in [3.05, 3.63) is 54.4 Å². The number of aryl methyl sites for hydroxylation is 1. The van der Waals surface area contributed by atoms with Crippen molar-refractivity contribution in [2.24, 2.45) is 0 Å². The minimum absolute atomic E-state index is 0.0358. The summed E-state index contributed by atoms with van der Waals surface area (Å²) in [4.78, 5) is 18.5. The van der Waals surface area contributed by atoms with Crippen LogP contribution in [0.3, 0.4) is 0 Å². The Morgan fingerprint density at radius 2 is 1.14 bits per heavy atom. The molecule has 0 saturated carbocycles. The highest BCUT2D eigenvalue weighted by molar-refractivity contribution is 7.86. The van der Waals surface area contributed by atoms with Crippen LogP contribution in [0.25, 0.3) is 0 Å². The van der Waals surface area contributed by atoms with Crippen molar-refractivity contribution in [2.75, 3.05) is 16.0 Å². The molecule has 0 radical (unpaired) electrons. The lowest BCUT2D eigenvalue weighted by Gasteiger charge is -2.13. The van der Waals surface area contributed by atoms with Gasteiger partial charge in [0.05, 0.1) is 16.3 Å². The summed E-state index contributed by atoms with van der Waals surface area (Å²) in [5.74, 6) is -1.76. The zero-order valence-corrected chi connectivity index (χ0v) is 22.9. The quantitative estimate of drug-likeness (QED) is 0.141. The van der Waals surface area contributed by atoms with E-state index in [0.29, 0.717) is 18.2 Å². The molecule has 6 N–H and O–H groups in total. The van der Waals surface area contributed by atoms with Crippen molar-refractivity contribution in [1.29, 1.82) is 0 Å². The van der Waals surface area contributed by atoms with Gasteiger partial charge in [-0.15, -0.1) is 0 Å². The standard InChI is InChI=1S/C19H15F2N9O9S3/c1-8-22-15(20)27-17(23-8)25-11-4-2-9(6-14(11)42(37,38)39)24-18-28-16(21)29-19(30-18)26-12-7-10(40(31,32)33)3-5-13(12)41(34,35)36/h2-7H,1H3,(H,31,32,33)(H,34,35,36)(H,37,38,39)(H,22,23,25,27)(H2,24,26,28,29,30). The van der Waals surface area contributed by atoms with E-state index in [4.69, 9.17) is 0 Å². The molecular formula is C19H15F2N9O9S3. The van der Waals surface area contributed by atoms with E-state index in [9.17, 15) is 47.7 Å². The second kappa shape index (κ2) is 11.0. The molecule has 2 aromatic carbocycles. The van der Waals surface area contributed by atoms with Gasteiger partial charge in [-0.1, -0.05) is 0 Å². The van der Waals surface area contributed by atoms with Crippen LogP contribution < -0.4 is 16.0 Å². The largest absolute Gasteiger partial charge is 0.324 e. The van der Waals surface area contributed by atoms with Gasteiger partial charge in [0.2, 0.25) is 17.8 Å². The predicted octanol–water partition coefficient (Wildman–Crippen LogP) is 1.61. The molecule has 2 heterocycles. The van der Waals surface area contributed by atoms with Crippen molar-refractivity contribution in [1.82, 2.24) is 29.9 Å². The normalized spacial score (nSPS) is 12.1. The van der Waals surface area contributed by atoms with E-state index < -0.39 is 74.8 Å². The molecule has 0 aliphatic carbocycles. The molecule has 0 aliphatic heterocycles. The molecule has 0 saturated heterocycles. The number of nitrogens with one attached hydrogen (secondary N) is 3. The number of hydrogen-bond acceptors (Lipinski definition) is 15. The molecule has 4 aromatic rings. The van der Waals surface area contributed by atoms with Gasteiger partial charge in [-0.3, -0.25) is 13.7 Å². The third-order valence-corrected chi connectivity index (χ3v) is 7.52. The molecule has 2 aromatic heterocycles. The fourth-order valence-corrected chi connectivity index (χ4v) is 5.05. The van der Waals surface area contributed by atoms with Crippen molar-refractivity contribution in [3.63, 3.8) is 0 Å². The van der Waals surface area contributed by atoms with Crippen LogP contribution in [0.4, 0.5) is 43.7 Å². The first-order valence-electron chi connectivity index (χ1n) is 10.7. The van der Waals surface area contributed by atoms with E-state index in [1.807, 2.05) is 0 Å². The van der Waals surface area contributed by atoms with Crippen LogP contribution in [0.1, 0.15) is 5.82 Å². The molecule has 4 rings (SSSR count). The maximum Gasteiger partial charge on any atom is 0.315 e. The lowest BCUT2D eigenvalue weighted by molar-refractivity contribution is 0.479. The van der Waals surface area contributed by atoms with Crippen LogP contribution >= 0.6 is 0 Å². The maximum atomic E-state index is 14.2. The first-order chi connectivity index (χ1) is 19.4. The molecule has 0 spiro atoms. The molecule has 42 heavy (non-hydrogen) atoms. The summed E-state index contributed by atoms with van der Waals surface area (Å²) in [5, 5.41) is 7.03. The number of hydrogen-bond donors (Lipinski definition) is 6. The maximum absolute atomic E-state index is 14.2. The number of aromatic nitrogens is 6. The van der Waals surface area contributed by atoms with Crippen molar-refractivity contribution in [2.45, 2.75) is 21.6 Å². The highest BCUT2D eigenvalue weighted by Gasteiger charge is 2.22. The number of anilines is 6. The zero-order valence-electron chi connectivity index (χ0n) is 20.4. The first-order valence-corrected chi connectivity index (χ1v) is 15.0. The Kier molecular flexibility index (Phi) is 7.98. The van der Waals surface area contributed by atoms with Crippen molar-refractivity contribution >= 4 is 65.3 Å². The number of benzene rings is 2. The fourth-order valence-electron chi connectivity index (χ4n) is 3.25. The summed E-state index contributed by atoms with van der Waals surface area (Å²) in [6, 6.07) is 5.05. The number of rotatable bonds is 9. The van der Waals surface area contributed by atoms with Gasteiger partial charge in [-0.2, -0.15) is 63.9 Å². The monoisotopic (exact) mass is 647 g/mol. The third kappa shape index (κ3) is 7.39. The summed E-state index contributed by atoms with van der Waals surface area (Å²) in [7, 11) is -14.8. The highest BCUT2D eigenvalue weighted by atomic mass is 32.2. The smallest absolute Gasteiger partial charge is 0.315 e. The van der Waals surface area contributed by atoms with Crippen molar-refractivity contribution < 1.29 is 47.7 Å². The van der Waals surface area contributed by atoms with Gasteiger partial charge in [-0.25, -0.2) is 0 Å². The lowest BCUT2D eigenvalue weighted by Crippen LogP contribution is -2.10. The summed E-state index contributed by atoms with van der Waals surface area (Å²) in [6.07, 6.45) is -2.62. The average Bonchev–Trinajstić information content (AvgIpc) is 2.82. The number of nitrogens with zero attached hydrogens (tertiary/aromatic N) is 6. The molecule has 18 nitrogen and oxygen atoms in total. The third-order valence-electron chi connectivity index (χ3n) is 4.86. The molecule has 0 aliphatic rings. The molecular weight excluding hydrogens is 632 g/mol. The lowest BCUT2D eigenvalue weighted by atomic mass is 10.3. The van der Waals surface area contributed by atoms with E-state index >= 15 is 0 Å². The van der Waals surface area contributed by atoms with Gasteiger partial charge in [0.25, 0.3) is 30.4 Å². The van der Waals surface area contributed by atoms with Crippen LogP contribution in [0, 0.1) is 19.1 Å². The van der Waals surface area contributed by atoms with Crippen molar-refractivity contribution in [3.8, 4) is 0 Å². The minimum Gasteiger partial charge on any atom is -0.324 e. The SMILES string of the molecule is Cc1nc(F)nc(Nc2ccc(Nc3nc(F)nc(Nc4cc(S(=O)(=O)O)ccc4S(=O)(=O)O)n3)cc2S(=O)(=O)O)n1. The van der Waals surface area contributed by atoms with E-state index in [2.05, 4.69) is 45.9 Å². The van der Waals surface area contributed by atoms with Crippen LogP contribution in [-0.2, 0) is 30.4 Å². The molecule has 0 fully saturated rings. The van der Waals surface area contributed by atoms with Crippen LogP contribution in [0.15, 0.2) is 51.1 Å². The van der Waals surface area contributed by atoms with E-state index in [1.54, 1.807) is 0 Å². The summed E-state index contributed by atoms with van der Waals surface area (Å²) < 4.78 is 127. The summed E-state index contributed by atoms with van der Waals surface area (Å²) in [5.41, 5.74) is -1.14. The Hall–Kier alpha value is -4.55. The Balaban J connectivity index is 1.69. The predicted molar refractivity (Wildman–Crippen MR) is 136 cm³/mol. The Labute approximate surface area is 234 Å². The molecule has 23 heteroatoms. The average molecular weight is 648 g/mol. The second-order valence-corrected chi connectivity index (χ2v) is 12.1. The van der Waals surface area contributed by atoms with E-state index in [-0.39, 0.29) is 23.1 Å². The summed E-state index contributed by atoms with van der Waals surface area (Å²) >= 11 is 0. The van der Waals surface area contributed by atoms with E-state index in [0.717, 1.165) is 12.1 Å². The number of halogens is 2. The van der Waals surface area contributed by atoms with Gasteiger partial charge >= 0.3 is 12.2 Å². The Morgan fingerprint density at radius 1 is 0.595 bits per heavy atom.